The number of rotatable bonds is 15. The largest absolute Gasteiger partial charge is 0.492 e. The van der Waals surface area contributed by atoms with E-state index >= 15 is 0 Å². The second-order valence-corrected chi connectivity index (χ2v) is 14.2. The molecule has 2 aromatic heterocycles. The molecule has 0 bridgehead atoms. The summed E-state index contributed by atoms with van der Waals surface area (Å²) < 4.78 is 8.00. The number of para-hydroxylation sites is 1. The van der Waals surface area contributed by atoms with E-state index in [1.165, 1.54) is 5.56 Å². The fourth-order valence-corrected chi connectivity index (χ4v) is 6.97. The topological polar surface area (TPSA) is 88.5 Å². The summed E-state index contributed by atoms with van der Waals surface area (Å²) in [5, 5.41) is 6.94. The smallest absolute Gasteiger partial charge is 0.323 e. The number of amides is 2. The molecule has 8 nitrogen and oxygen atoms in total. The molecule has 0 fully saturated rings. The third-order valence-corrected chi connectivity index (χ3v) is 9.83. The standard InChI is InChI=1S/C46H51N5O3/c1-6-50(31-35-18-11-8-12-19-35)28-29-54-37-21-13-20-36(30-37)41-40-24-15-26-47-44(40)51(27-25-34-16-9-7-10-17-34)45(52)43(41)49-46(53)48-42-38(32(2)3)22-14-23-39(42)33(4)5/h7-24,26,30,32-33H,6,25,27-29,31H2,1-5H3,(H2,48,49,53). The van der Waals surface area contributed by atoms with Gasteiger partial charge in [0.15, 0.2) is 0 Å². The number of hydrogen-bond donors (Lipinski definition) is 2. The molecule has 4 aromatic carbocycles. The highest BCUT2D eigenvalue weighted by molar-refractivity contribution is 6.07. The van der Waals surface area contributed by atoms with Crippen LogP contribution in [0.2, 0.25) is 0 Å². The highest BCUT2D eigenvalue weighted by Gasteiger charge is 2.23. The number of likely N-dealkylation sites (N-methyl/N-ethyl adjacent to an activating group) is 1. The summed E-state index contributed by atoms with van der Waals surface area (Å²) >= 11 is 0. The molecule has 0 aliphatic rings. The van der Waals surface area contributed by atoms with Crippen molar-refractivity contribution in [3.63, 3.8) is 0 Å². The van der Waals surface area contributed by atoms with Crippen LogP contribution in [0.15, 0.2) is 126 Å². The van der Waals surface area contributed by atoms with Crippen molar-refractivity contribution < 1.29 is 9.53 Å². The van der Waals surface area contributed by atoms with E-state index in [2.05, 4.69) is 74.4 Å². The maximum atomic E-state index is 14.7. The van der Waals surface area contributed by atoms with E-state index in [9.17, 15) is 9.59 Å². The Morgan fingerprint density at radius 2 is 1.43 bits per heavy atom. The normalized spacial score (nSPS) is 11.4. The molecule has 0 saturated heterocycles. The zero-order chi connectivity index (χ0) is 38.0. The zero-order valence-corrected chi connectivity index (χ0v) is 32.0. The molecule has 6 rings (SSSR count). The molecule has 54 heavy (non-hydrogen) atoms. The van der Waals surface area contributed by atoms with Crippen molar-refractivity contribution in [1.82, 2.24) is 14.5 Å². The van der Waals surface area contributed by atoms with E-state index in [0.717, 1.165) is 53.0 Å². The second kappa shape index (κ2) is 17.9. The van der Waals surface area contributed by atoms with Gasteiger partial charge in [-0.3, -0.25) is 14.3 Å². The molecule has 0 saturated carbocycles. The minimum absolute atomic E-state index is 0.182. The van der Waals surface area contributed by atoms with Crippen molar-refractivity contribution in [2.75, 3.05) is 30.3 Å². The Labute approximate surface area is 318 Å². The lowest BCUT2D eigenvalue weighted by Crippen LogP contribution is -2.31. The lowest BCUT2D eigenvalue weighted by atomic mass is 9.93. The number of carbonyl (C=O) groups is 1. The van der Waals surface area contributed by atoms with Crippen molar-refractivity contribution in [3.05, 3.63) is 154 Å². The molecule has 0 aliphatic heterocycles. The number of anilines is 2. The number of aromatic nitrogens is 2. The number of nitrogens with one attached hydrogen (secondary N) is 2. The average Bonchev–Trinajstić information content (AvgIpc) is 3.18. The molecular formula is C46H51N5O3. The van der Waals surface area contributed by atoms with Crippen molar-refractivity contribution in [2.24, 2.45) is 0 Å². The summed E-state index contributed by atoms with van der Waals surface area (Å²) in [4.78, 5) is 35.9. The predicted octanol–water partition coefficient (Wildman–Crippen LogP) is 10.1. The summed E-state index contributed by atoms with van der Waals surface area (Å²) in [6, 6.07) is 37.7. The average molecular weight is 722 g/mol. The summed E-state index contributed by atoms with van der Waals surface area (Å²) in [7, 11) is 0. The first-order valence-electron chi connectivity index (χ1n) is 19.0. The second-order valence-electron chi connectivity index (χ2n) is 14.2. The molecule has 2 heterocycles. The Kier molecular flexibility index (Phi) is 12.6. The van der Waals surface area contributed by atoms with Gasteiger partial charge in [0.2, 0.25) is 0 Å². The maximum absolute atomic E-state index is 14.7. The Morgan fingerprint density at radius 1 is 0.778 bits per heavy atom. The first-order chi connectivity index (χ1) is 26.2. The van der Waals surface area contributed by atoms with Crippen LogP contribution < -0.4 is 20.9 Å². The van der Waals surface area contributed by atoms with Gasteiger partial charge in [-0.1, -0.05) is 126 Å². The van der Waals surface area contributed by atoms with Crippen LogP contribution in [0.25, 0.3) is 22.2 Å². The van der Waals surface area contributed by atoms with Gasteiger partial charge in [-0.25, -0.2) is 9.78 Å². The van der Waals surface area contributed by atoms with Crippen molar-refractivity contribution in [1.29, 1.82) is 0 Å². The number of carbonyl (C=O) groups excluding carboxylic acids is 1. The molecular weight excluding hydrogens is 671 g/mol. The fourth-order valence-electron chi connectivity index (χ4n) is 6.97. The minimum Gasteiger partial charge on any atom is -0.492 e. The monoisotopic (exact) mass is 721 g/mol. The number of hydrogen-bond acceptors (Lipinski definition) is 5. The number of urea groups is 1. The number of ether oxygens (including phenoxy) is 1. The Bertz CT molecular complexity index is 2210. The number of benzene rings is 4. The molecule has 0 unspecified atom stereocenters. The fraction of sp³-hybridized carbons (Fsp3) is 0.283. The van der Waals surface area contributed by atoms with E-state index in [1.54, 1.807) is 10.8 Å². The van der Waals surface area contributed by atoms with Crippen LogP contribution in [0.1, 0.15) is 68.7 Å². The molecule has 2 N–H and O–H groups in total. The lowest BCUT2D eigenvalue weighted by molar-refractivity contribution is 0.210. The van der Waals surface area contributed by atoms with Gasteiger partial charge < -0.3 is 15.4 Å². The molecule has 0 radical (unpaired) electrons. The van der Waals surface area contributed by atoms with Gasteiger partial charge in [0.1, 0.15) is 23.7 Å². The first kappa shape index (κ1) is 38.0. The van der Waals surface area contributed by atoms with Crippen LogP contribution in [0.4, 0.5) is 16.2 Å². The number of fused-ring (bicyclic) bond motifs is 1. The minimum atomic E-state index is -0.480. The molecule has 0 spiro atoms. The van der Waals surface area contributed by atoms with Crippen LogP contribution in [-0.2, 0) is 19.5 Å². The van der Waals surface area contributed by atoms with Crippen LogP contribution >= 0.6 is 0 Å². The molecule has 6 aromatic rings. The highest BCUT2D eigenvalue weighted by Crippen LogP contribution is 2.36. The number of aryl methyl sites for hydroxylation is 2. The summed E-state index contributed by atoms with van der Waals surface area (Å²) in [5.74, 6) is 1.04. The van der Waals surface area contributed by atoms with E-state index in [0.29, 0.717) is 36.5 Å². The molecule has 0 atom stereocenters. The van der Waals surface area contributed by atoms with Gasteiger partial charge in [0.25, 0.3) is 5.56 Å². The third-order valence-electron chi connectivity index (χ3n) is 9.83. The van der Waals surface area contributed by atoms with E-state index in [1.807, 2.05) is 91.0 Å². The van der Waals surface area contributed by atoms with Crippen molar-refractivity contribution in [3.8, 4) is 16.9 Å². The lowest BCUT2D eigenvalue weighted by Gasteiger charge is -2.22. The SMILES string of the molecule is CCN(CCOc1cccc(-c2c(NC(=O)Nc3c(C(C)C)cccc3C(C)C)c(=O)n(CCc3ccccc3)c3ncccc23)c1)Cc1ccccc1. The van der Waals surface area contributed by atoms with Crippen LogP contribution in [-0.4, -0.2) is 40.2 Å². The summed E-state index contributed by atoms with van der Waals surface area (Å²) in [6.45, 7) is 14.0. The van der Waals surface area contributed by atoms with Gasteiger partial charge in [-0.2, -0.15) is 0 Å². The first-order valence-corrected chi connectivity index (χ1v) is 19.0. The van der Waals surface area contributed by atoms with Crippen LogP contribution in [0.5, 0.6) is 5.75 Å². The number of pyridine rings is 2. The third kappa shape index (κ3) is 9.07. The van der Waals surface area contributed by atoms with Gasteiger partial charge in [0.05, 0.1) is 0 Å². The molecule has 278 valence electrons. The van der Waals surface area contributed by atoms with E-state index in [-0.39, 0.29) is 23.1 Å². The Morgan fingerprint density at radius 3 is 2.09 bits per heavy atom. The Hall–Kier alpha value is -5.73. The quantitative estimate of drug-likeness (QED) is 0.110. The maximum Gasteiger partial charge on any atom is 0.323 e. The molecule has 2 amide bonds. The van der Waals surface area contributed by atoms with Gasteiger partial charge in [-0.15, -0.1) is 0 Å². The molecule has 0 aliphatic carbocycles. The summed E-state index contributed by atoms with van der Waals surface area (Å²) in [5.41, 5.74) is 6.97. The van der Waals surface area contributed by atoms with Crippen LogP contribution in [0, 0.1) is 0 Å². The van der Waals surface area contributed by atoms with Crippen molar-refractivity contribution >= 4 is 28.4 Å². The Balaban J connectivity index is 1.37. The van der Waals surface area contributed by atoms with Gasteiger partial charge in [-0.05, 0) is 76.9 Å². The van der Waals surface area contributed by atoms with Crippen LogP contribution in [0.3, 0.4) is 0 Å². The van der Waals surface area contributed by atoms with Gasteiger partial charge >= 0.3 is 6.03 Å². The number of nitrogens with zero attached hydrogens (tertiary/aromatic N) is 3. The molecule has 8 heteroatoms. The van der Waals surface area contributed by atoms with Gasteiger partial charge in [0, 0.05) is 42.5 Å². The van der Waals surface area contributed by atoms with Crippen molar-refractivity contribution in [2.45, 2.75) is 66.0 Å². The summed E-state index contributed by atoms with van der Waals surface area (Å²) in [6.07, 6.45) is 2.33. The predicted molar refractivity (Wildman–Crippen MR) is 222 cm³/mol. The van der Waals surface area contributed by atoms with E-state index in [4.69, 9.17) is 9.72 Å². The van der Waals surface area contributed by atoms with E-state index < -0.39 is 6.03 Å². The highest BCUT2D eigenvalue weighted by atomic mass is 16.5. The zero-order valence-electron chi connectivity index (χ0n) is 32.0.